The number of carbonyl (C=O) groups is 1. The molecular formula is C17H32O2SSi. The SMILES string of the molecule is CCCCCCCCC1(O[Si](C)(C)C)C=C(SC)C(=O)C1. The lowest BCUT2D eigenvalue weighted by molar-refractivity contribution is -0.116. The summed E-state index contributed by atoms with van der Waals surface area (Å²) in [6.07, 6.45) is 13.4. The summed E-state index contributed by atoms with van der Waals surface area (Å²) in [4.78, 5) is 13.0. The van der Waals surface area contributed by atoms with Gasteiger partial charge < -0.3 is 4.43 Å². The predicted molar refractivity (Wildman–Crippen MR) is 96.4 cm³/mol. The minimum Gasteiger partial charge on any atom is -0.408 e. The highest BCUT2D eigenvalue weighted by Gasteiger charge is 2.41. The van der Waals surface area contributed by atoms with Gasteiger partial charge in [0.25, 0.3) is 0 Å². The standard InChI is InChI=1S/C17H32O2SSi/c1-6-7-8-9-10-11-12-17(19-21(3,4)5)13-15(18)16(14-17)20-2/h14H,6-13H2,1-5H3. The molecule has 0 N–H and O–H groups in total. The summed E-state index contributed by atoms with van der Waals surface area (Å²) < 4.78 is 6.44. The third-order valence-electron chi connectivity index (χ3n) is 3.81. The van der Waals surface area contributed by atoms with Crippen LogP contribution < -0.4 is 0 Å². The van der Waals surface area contributed by atoms with E-state index in [1.54, 1.807) is 11.8 Å². The quantitative estimate of drug-likeness (QED) is 0.388. The molecule has 0 amide bonds. The zero-order valence-electron chi connectivity index (χ0n) is 14.5. The summed E-state index contributed by atoms with van der Waals surface area (Å²) in [5.74, 6) is 0.270. The Balaban J connectivity index is 2.59. The Labute approximate surface area is 136 Å². The topological polar surface area (TPSA) is 26.3 Å². The van der Waals surface area contributed by atoms with E-state index < -0.39 is 8.32 Å². The van der Waals surface area contributed by atoms with Crippen LogP contribution in [-0.4, -0.2) is 26.0 Å². The minimum atomic E-state index is -1.65. The molecule has 0 bridgehead atoms. The van der Waals surface area contributed by atoms with Crippen LogP contribution in [0.1, 0.15) is 58.3 Å². The number of hydrogen-bond acceptors (Lipinski definition) is 3. The molecule has 1 unspecified atom stereocenters. The normalized spacial score (nSPS) is 22.7. The van der Waals surface area contributed by atoms with Crippen molar-refractivity contribution in [3.05, 3.63) is 11.0 Å². The Bertz CT molecular complexity index is 373. The van der Waals surface area contributed by atoms with Crippen molar-refractivity contribution >= 4 is 25.9 Å². The van der Waals surface area contributed by atoms with E-state index in [2.05, 4.69) is 32.6 Å². The molecule has 122 valence electrons. The van der Waals surface area contributed by atoms with Crippen molar-refractivity contribution in [1.82, 2.24) is 0 Å². The highest BCUT2D eigenvalue weighted by molar-refractivity contribution is 8.03. The van der Waals surface area contributed by atoms with Gasteiger partial charge in [-0.2, -0.15) is 0 Å². The monoisotopic (exact) mass is 328 g/mol. The highest BCUT2D eigenvalue weighted by atomic mass is 32.2. The van der Waals surface area contributed by atoms with Gasteiger partial charge in [-0.15, -0.1) is 11.8 Å². The third kappa shape index (κ3) is 6.70. The second-order valence-electron chi connectivity index (χ2n) is 7.11. The van der Waals surface area contributed by atoms with Gasteiger partial charge in [0.2, 0.25) is 0 Å². The maximum absolute atomic E-state index is 12.1. The molecule has 0 aromatic carbocycles. The largest absolute Gasteiger partial charge is 0.408 e. The van der Waals surface area contributed by atoms with Crippen LogP contribution in [0, 0.1) is 0 Å². The van der Waals surface area contributed by atoms with Gasteiger partial charge in [0.05, 0.1) is 5.60 Å². The first kappa shape index (κ1) is 19.0. The molecule has 21 heavy (non-hydrogen) atoms. The maximum Gasteiger partial charge on any atom is 0.184 e. The van der Waals surface area contributed by atoms with Crippen LogP contribution in [0.4, 0.5) is 0 Å². The smallest absolute Gasteiger partial charge is 0.184 e. The van der Waals surface area contributed by atoms with Crippen molar-refractivity contribution in [3.63, 3.8) is 0 Å². The molecule has 0 aromatic heterocycles. The third-order valence-corrected chi connectivity index (χ3v) is 5.62. The van der Waals surface area contributed by atoms with Crippen molar-refractivity contribution in [2.75, 3.05) is 6.26 Å². The lowest BCUT2D eigenvalue weighted by Gasteiger charge is -2.34. The van der Waals surface area contributed by atoms with Crippen molar-refractivity contribution in [2.24, 2.45) is 0 Å². The van der Waals surface area contributed by atoms with Crippen LogP contribution in [0.5, 0.6) is 0 Å². The molecular weight excluding hydrogens is 296 g/mol. The van der Waals surface area contributed by atoms with E-state index in [4.69, 9.17) is 4.43 Å². The summed E-state index contributed by atoms with van der Waals surface area (Å²) in [7, 11) is -1.65. The van der Waals surface area contributed by atoms with Crippen molar-refractivity contribution < 1.29 is 9.22 Å². The molecule has 0 heterocycles. The van der Waals surface area contributed by atoms with Crippen LogP contribution >= 0.6 is 11.8 Å². The van der Waals surface area contributed by atoms with Crippen LogP contribution in [0.25, 0.3) is 0 Å². The molecule has 0 radical (unpaired) electrons. The van der Waals surface area contributed by atoms with Crippen LogP contribution in [0.15, 0.2) is 11.0 Å². The van der Waals surface area contributed by atoms with Gasteiger partial charge in [0.1, 0.15) is 0 Å². The Kier molecular flexibility index (Phi) is 7.72. The van der Waals surface area contributed by atoms with Gasteiger partial charge in [-0.05, 0) is 38.4 Å². The number of allylic oxidation sites excluding steroid dienone is 1. The van der Waals surface area contributed by atoms with Crippen LogP contribution in [0.3, 0.4) is 0 Å². The van der Waals surface area contributed by atoms with Crippen molar-refractivity contribution in [3.8, 4) is 0 Å². The summed E-state index contributed by atoms with van der Waals surface area (Å²) >= 11 is 1.57. The summed E-state index contributed by atoms with van der Waals surface area (Å²) in [6, 6.07) is 0. The molecule has 4 heteroatoms. The number of unbranched alkanes of at least 4 members (excludes halogenated alkanes) is 5. The lowest BCUT2D eigenvalue weighted by Crippen LogP contribution is -2.40. The average molecular weight is 329 g/mol. The second kappa shape index (κ2) is 8.54. The fraction of sp³-hybridized carbons (Fsp3) is 0.824. The Hall–Kier alpha value is -0.0631. The number of ketones is 1. The number of Topliss-reactive ketones (excluding diaryl/α,β-unsaturated/α-hetero) is 1. The van der Waals surface area contributed by atoms with Gasteiger partial charge in [-0.1, -0.05) is 45.4 Å². The molecule has 0 spiro atoms. The van der Waals surface area contributed by atoms with Gasteiger partial charge >= 0.3 is 0 Å². The number of hydrogen-bond donors (Lipinski definition) is 0. The maximum atomic E-state index is 12.1. The Morgan fingerprint density at radius 1 is 1.19 bits per heavy atom. The summed E-state index contributed by atoms with van der Waals surface area (Å²) in [5, 5.41) is 0. The van der Waals surface area contributed by atoms with Gasteiger partial charge in [-0.3, -0.25) is 4.79 Å². The van der Waals surface area contributed by atoms with Gasteiger partial charge in [0, 0.05) is 11.3 Å². The molecule has 1 aliphatic carbocycles. The van der Waals surface area contributed by atoms with E-state index in [1.807, 2.05) is 6.26 Å². The Morgan fingerprint density at radius 3 is 2.33 bits per heavy atom. The number of thioether (sulfide) groups is 1. The average Bonchev–Trinajstić information content (AvgIpc) is 2.68. The summed E-state index contributed by atoms with van der Waals surface area (Å²) in [6.45, 7) is 8.89. The van der Waals surface area contributed by atoms with E-state index in [1.165, 1.54) is 38.5 Å². The van der Waals surface area contributed by atoms with E-state index in [9.17, 15) is 4.79 Å². The zero-order chi connectivity index (χ0) is 15.9. The van der Waals surface area contributed by atoms with Crippen LogP contribution in [0.2, 0.25) is 19.6 Å². The number of rotatable bonds is 10. The molecule has 0 saturated carbocycles. The molecule has 0 aromatic rings. The second-order valence-corrected chi connectivity index (χ2v) is 12.4. The fourth-order valence-corrected chi connectivity index (χ4v) is 5.08. The molecule has 1 rings (SSSR count). The van der Waals surface area contributed by atoms with Gasteiger partial charge in [0.15, 0.2) is 14.1 Å². The van der Waals surface area contributed by atoms with E-state index in [-0.39, 0.29) is 11.4 Å². The molecule has 1 atom stereocenters. The van der Waals surface area contributed by atoms with E-state index in [0.29, 0.717) is 6.42 Å². The molecule has 1 aliphatic rings. The predicted octanol–water partition coefficient (Wildman–Crippen LogP) is 5.55. The first-order chi connectivity index (χ1) is 9.82. The molecule has 0 aliphatic heterocycles. The Morgan fingerprint density at radius 2 is 1.81 bits per heavy atom. The molecule has 0 saturated heterocycles. The first-order valence-corrected chi connectivity index (χ1v) is 13.0. The first-order valence-electron chi connectivity index (χ1n) is 8.32. The lowest BCUT2D eigenvalue weighted by atomic mass is 9.95. The minimum absolute atomic E-state index is 0.270. The van der Waals surface area contributed by atoms with Gasteiger partial charge in [-0.25, -0.2) is 0 Å². The molecule has 0 fully saturated rings. The van der Waals surface area contributed by atoms with E-state index >= 15 is 0 Å². The highest BCUT2D eigenvalue weighted by Crippen LogP contribution is 2.39. The van der Waals surface area contributed by atoms with Crippen molar-refractivity contribution in [1.29, 1.82) is 0 Å². The van der Waals surface area contributed by atoms with Crippen molar-refractivity contribution in [2.45, 2.75) is 83.5 Å². The van der Waals surface area contributed by atoms with Crippen LogP contribution in [-0.2, 0) is 9.22 Å². The number of carbonyl (C=O) groups excluding carboxylic acids is 1. The molecule has 2 nitrogen and oxygen atoms in total. The fourth-order valence-electron chi connectivity index (χ4n) is 2.99. The summed E-state index contributed by atoms with van der Waals surface area (Å²) in [5.41, 5.74) is -0.301. The zero-order valence-corrected chi connectivity index (χ0v) is 16.3. The van der Waals surface area contributed by atoms with E-state index in [0.717, 1.165) is 11.3 Å².